The Labute approximate surface area is 151 Å². The van der Waals surface area contributed by atoms with Gasteiger partial charge in [0.2, 0.25) is 0 Å². The molecule has 1 aromatic carbocycles. The number of benzene rings is 1. The first-order chi connectivity index (χ1) is 12.2. The molecule has 4 rings (SSSR count). The van der Waals surface area contributed by atoms with Crippen LogP contribution < -0.4 is 4.90 Å². The Hall–Kier alpha value is -1.99. The van der Waals surface area contributed by atoms with Gasteiger partial charge in [-0.2, -0.15) is 4.98 Å². The lowest BCUT2D eigenvalue weighted by atomic mass is 10.3. The van der Waals surface area contributed by atoms with Crippen molar-refractivity contribution in [3.05, 3.63) is 23.2 Å². The molecule has 3 heterocycles. The number of fused-ring (bicyclic) bond motifs is 1. The number of oxazole rings is 1. The number of hydrogen-bond donors (Lipinski definition) is 0. The molecule has 2 aromatic rings. The van der Waals surface area contributed by atoms with E-state index in [4.69, 9.17) is 20.8 Å². The van der Waals surface area contributed by atoms with E-state index < -0.39 is 0 Å². The van der Waals surface area contributed by atoms with Gasteiger partial charge < -0.3 is 23.9 Å². The van der Waals surface area contributed by atoms with Crippen molar-refractivity contribution in [1.82, 2.24) is 14.8 Å². The van der Waals surface area contributed by atoms with Crippen LogP contribution in [0.1, 0.15) is 6.42 Å². The first-order valence-electron chi connectivity index (χ1n) is 8.63. The van der Waals surface area contributed by atoms with Crippen molar-refractivity contribution in [2.24, 2.45) is 0 Å². The normalized spacial score (nSPS) is 19.3. The highest BCUT2D eigenvalue weighted by molar-refractivity contribution is 6.31. The number of nitrogens with zero attached hydrogens (tertiary/aromatic N) is 4. The fraction of sp³-hybridized carbons (Fsp3) is 0.529. The molecule has 8 heteroatoms. The van der Waals surface area contributed by atoms with Gasteiger partial charge >= 0.3 is 6.03 Å². The zero-order valence-electron chi connectivity index (χ0n) is 14.0. The van der Waals surface area contributed by atoms with Gasteiger partial charge in [-0.25, -0.2) is 4.79 Å². The predicted octanol–water partition coefficient (Wildman–Crippen LogP) is 2.45. The molecule has 2 aliphatic heterocycles. The van der Waals surface area contributed by atoms with Gasteiger partial charge in [0.1, 0.15) is 5.52 Å². The lowest BCUT2D eigenvalue weighted by Crippen LogP contribution is -2.49. The number of amides is 2. The quantitative estimate of drug-likeness (QED) is 0.777. The van der Waals surface area contributed by atoms with Crippen LogP contribution in [0.25, 0.3) is 11.1 Å². The molecule has 2 amide bonds. The summed E-state index contributed by atoms with van der Waals surface area (Å²) < 4.78 is 11.2. The van der Waals surface area contributed by atoms with E-state index in [0.717, 1.165) is 25.0 Å². The molecule has 7 nitrogen and oxygen atoms in total. The van der Waals surface area contributed by atoms with E-state index in [1.165, 1.54) is 0 Å². The minimum absolute atomic E-state index is 0.106. The number of ether oxygens (including phenoxy) is 1. The number of morpholine rings is 1. The summed E-state index contributed by atoms with van der Waals surface area (Å²) in [7, 11) is 0. The van der Waals surface area contributed by atoms with E-state index in [9.17, 15) is 4.79 Å². The fourth-order valence-electron chi connectivity index (χ4n) is 3.28. The average Bonchev–Trinajstić information content (AvgIpc) is 2.89. The number of hydrogen-bond acceptors (Lipinski definition) is 5. The Morgan fingerprint density at radius 3 is 2.68 bits per heavy atom. The molecule has 0 aliphatic carbocycles. The van der Waals surface area contributed by atoms with E-state index in [0.29, 0.717) is 56.0 Å². The summed E-state index contributed by atoms with van der Waals surface area (Å²) in [6.07, 6.45) is 0.884. The second-order valence-corrected chi connectivity index (χ2v) is 6.75. The maximum atomic E-state index is 12.7. The third kappa shape index (κ3) is 3.52. The van der Waals surface area contributed by atoms with Crippen LogP contribution in [0.5, 0.6) is 0 Å². The molecule has 0 atom stereocenters. The molecule has 2 fully saturated rings. The molecule has 0 saturated carbocycles. The number of halogens is 1. The van der Waals surface area contributed by atoms with Crippen LogP contribution in [0.4, 0.5) is 10.8 Å². The summed E-state index contributed by atoms with van der Waals surface area (Å²) >= 11 is 6.01. The average molecular weight is 365 g/mol. The van der Waals surface area contributed by atoms with Gasteiger partial charge in [0.25, 0.3) is 6.01 Å². The van der Waals surface area contributed by atoms with E-state index in [1.54, 1.807) is 12.1 Å². The number of urea groups is 1. The number of carbonyl (C=O) groups excluding carboxylic acids is 1. The van der Waals surface area contributed by atoms with Crippen LogP contribution in [0.3, 0.4) is 0 Å². The van der Waals surface area contributed by atoms with Gasteiger partial charge in [0.05, 0.1) is 13.2 Å². The second kappa shape index (κ2) is 7.09. The molecule has 0 unspecified atom stereocenters. The summed E-state index contributed by atoms with van der Waals surface area (Å²) in [5, 5.41) is 0.633. The third-order valence-corrected chi connectivity index (χ3v) is 4.89. The van der Waals surface area contributed by atoms with Gasteiger partial charge in [0, 0.05) is 50.4 Å². The maximum absolute atomic E-state index is 12.7. The topological polar surface area (TPSA) is 62.1 Å². The van der Waals surface area contributed by atoms with Crippen molar-refractivity contribution in [2.75, 3.05) is 57.4 Å². The first kappa shape index (κ1) is 16.5. The van der Waals surface area contributed by atoms with Crippen LogP contribution in [0.15, 0.2) is 22.6 Å². The van der Waals surface area contributed by atoms with Gasteiger partial charge in [-0.1, -0.05) is 11.6 Å². The Bertz CT molecular complexity index is 759. The molecule has 0 N–H and O–H groups in total. The smallest absolute Gasteiger partial charge is 0.320 e. The van der Waals surface area contributed by atoms with Gasteiger partial charge in [-0.15, -0.1) is 0 Å². The molecule has 134 valence electrons. The van der Waals surface area contributed by atoms with Crippen molar-refractivity contribution >= 4 is 34.7 Å². The standard InChI is InChI=1S/C17H21ClN4O3/c18-13-2-3-14-15(12-13)25-16(19-14)20-4-1-5-21(7-6-20)17(23)22-8-10-24-11-9-22/h2-3,12H,1,4-11H2. The van der Waals surface area contributed by atoms with Crippen LogP contribution in [0, 0.1) is 0 Å². The molecular formula is C17H21ClN4O3. The van der Waals surface area contributed by atoms with Gasteiger partial charge in [0.15, 0.2) is 5.58 Å². The Kier molecular flexibility index (Phi) is 4.67. The van der Waals surface area contributed by atoms with E-state index in [-0.39, 0.29) is 6.03 Å². The number of anilines is 1. The SMILES string of the molecule is O=C(N1CCOCC1)N1CCCN(c2nc3ccc(Cl)cc3o2)CC1. The lowest BCUT2D eigenvalue weighted by Gasteiger charge is -2.32. The van der Waals surface area contributed by atoms with Crippen molar-refractivity contribution in [1.29, 1.82) is 0 Å². The van der Waals surface area contributed by atoms with Gasteiger partial charge in [-0.05, 0) is 18.6 Å². The molecule has 2 saturated heterocycles. The summed E-state index contributed by atoms with van der Waals surface area (Å²) in [4.78, 5) is 23.1. The highest BCUT2D eigenvalue weighted by Gasteiger charge is 2.26. The van der Waals surface area contributed by atoms with Crippen molar-refractivity contribution in [3.8, 4) is 0 Å². The second-order valence-electron chi connectivity index (χ2n) is 6.32. The molecule has 0 radical (unpaired) electrons. The van der Waals surface area contributed by atoms with Crippen LogP contribution in [0.2, 0.25) is 5.02 Å². The Balaban J connectivity index is 1.44. The van der Waals surface area contributed by atoms with Crippen LogP contribution in [-0.4, -0.2) is 73.3 Å². The molecular weight excluding hydrogens is 344 g/mol. The third-order valence-electron chi connectivity index (χ3n) is 4.66. The largest absolute Gasteiger partial charge is 0.423 e. The van der Waals surface area contributed by atoms with Crippen LogP contribution in [-0.2, 0) is 4.74 Å². The highest BCUT2D eigenvalue weighted by atomic mass is 35.5. The summed E-state index contributed by atoms with van der Waals surface area (Å²) in [6.45, 7) is 5.52. The number of aromatic nitrogens is 1. The summed E-state index contributed by atoms with van der Waals surface area (Å²) in [5.41, 5.74) is 1.48. The number of carbonyl (C=O) groups is 1. The summed E-state index contributed by atoms with van der Waals surface area (Å²) in [6, 6.07) is 6.14. The van der Waals surface area contributed by atoms with E-state index in [2.05, 4.69) is 9.88 Å². The van der Waals surface area contributed by atoms with Crippen molar-refractivity contribution in [3.63, 3.8) is 0 Å². The van der Waals surface area contributed by atoms with Crippen molar-refractivity contribution < 1.29 is 13.9 Å². The molecule has 2 aliphatic rings. The number of rotatable bonds is 1. The first-order valence-corrected chi connectivity index (χ1v) is 9.01. The molecule has 0 spiro atoms. The zero-order chi connectivity index (χ0) is 17.2. The molecule has 0 bridgehead atoms. The minimum Gasteiger partial charge on any atom is -0.423 e. The lowest BCUT2D eigenvalue weighted by molar-refractivity contribution is 0.0438. The Morgan fingerprint density at radius 1 is 1.04 bits per heavy atom. The van der Waals surface area contributed by atoms with Gasteiger partial charge in [-0.3, -0.25) is 0 Å². The molecule has 1 aromatic heterocycles. The van der Waals surface area contributed by atoms with Crippen LogP contribution >= 0.6 is 11.6 Å². The highest BCUT2D eigenvalue weighted by Crippen LogP contribution is 2.25. The predicted molar refractivity (Wildman–Crippen MR) is 95.2 cm³/mol. The van der Waals surface area contributed by atoms with E-state index in [1.807, 2.05) is 15.9 Å². The van der Waals surface area contributed by atoms with E-state index >= 15 is 0 Å². The Morgan fingerprint density at radius 2 is 1.84 bits per heavy atom. The fourth-order valence-corrected chi connectivity index (χ4v) is 3.44. The summed E-state index contributed by atoms with van der Waals surface area (Å²) in [5.74, 6) is 0. The zero-order valence-corrected chi connectivity index (χ0v) is 14.7. The molecule has 25 heavy (non-hydrogen) atoms. The monoisotopic (exact) mass is 364 g/mol. The maximum Gasteiger partial charge on any atom is 0.320 e. The minimum atomic E-state index is 0.106. The van der Waals surface area contributed by atoms with Crippen molar-refractivity contribution in [2.45, 2.75) is 6.42 Å².